The molecule has 1 aromatic rings. The van der Waals surface area contributed by atoms with Crippen molar-refractivity contribution < 1.29 is 18.3 Å². The molecule has 2 aliphatic heterocycles. The largest absolute Gasteiger partial charge is 0.478 e. The van der Waals surface area contributed by atoms with E-state index in [1.54, 1.807) is 0 Å². The summed E-state index contributed by atoms with van der Waals surface area (Å²) in [6, 6.07) is -0.0612. The van der Waals surface area contributed by atoms with Crippen molar-refractivity contribution in [2.24, 2.45) is 0 Å². The lowest BCUT2D eigenvalue weighted by Gasteiger charge is -2.20. The Hall–Kier alpha value is -0.960. The Morgan fingerprint density at radius 2 is 2.24 bits per heavy atom. The van der Waals surface area contributed by atoms with Crippen molar-refractivity contribution in [1.82, 2.24) is 9.62 Å². The van der Waals surface area contributed by atoms with Crippen molar-refractivity contribution in [3.8, 4) is 0 Å². The fourth-order valence-electron chi connectivity index (χ4n) is 3.08. The molecule has 0 aliphatic carbocycles. The zero-order chi connectivity index (χ0) is 15.2. The average Bonchev–Trinajstić information content (AvgIpc) is 3.02. The van der Waals surface area contributed by atoms with Gasteiger partial charge in [0.15, 0.2) is 0 Å². The summed E-state index contributed by atoms with van der Waals surface area (Å²) < 4.78 is 27.1. The van der Waals surface area contributed by atoms with E-state index in [0.29, 0.717) is 31.6 Å². The molecule has 2 N–H and O–H groups in total. The van der Waals surface area contributed by atoms with Gasteiger partial charge in [-0.15, -0.1) is 11.3 Å². The Morgan fingerprint density at radius 1 is 1.48 bits per heavy atom. The van der Waals surface area contributed by atoms with Crippen LogP contribution >= 0.6 is 11.3 Å². The Bertz CT molecular complexity index is 681. The first-order valence-corrected chi connectivity index (χ1v) is 9.29. The maximum atomic E-state index is 12.8. The molecule has 1 saturated heterocycles. The van der Waals surface area contributed by atoms with Gasteiger partial charge >= 0.3 is 5.97 Å². The fraction of sp³-hybridized carbons (Fsp3) is 0.615. The number of nitrogens with one attached hydrogen (secondary N) is 1. The highest BCUT2D eigenvalue weighted by Gasteiger charge is 2.38. The van der Waals surface area contributed by atoms with Gasteiger partial charge < -0.3 is 10.4 Å². The molecular weight excluding hydrogens is 312 g/mol. The highest BCUT2D eigenvalue weighted by atomic mass is 32.2. The second-order valence-electron chi connectivity index (χ2n) is 5.51. The molecule has 1 atom stereocenters. The fourth-order valence-corrected chi connectivity index (χ4v) is 6.76. The highest BCUT2D eigenvalue weighted by molar-refractivity contribution is 7.91. The van der Waals surface area contributed by atoms with E-state index < -0.39 is 16.0 Å². The van der Waals surface area contributed by atoms with E-state index in [-0.39, 0.29) is 15.8 Å². The predicted octanol–water partition coefficient (Wildman–Crippen LogP) is 1.27. The molecule has 1 fully saturated rings. The van der Waals surface area contributed by atoms with Crippen LogP contribution < -0.4 is 5.32 Å². The molecule has 3 heterocycles. The van der Waals surface area contributed by atoms with E-state index >= 15 is 0 Å². The third kappa shape index (κ3) is 2.40. The van der Waals surface area contributed by atoms with Gasteiger partial charge in [0.05, 0.1) is 5.56 Å². The maximum Gasteiger partial charge on any atom is 0.338 e. The van der Waals surface area contributed by atoms with Gasteiger partial charge in [0.1, 0.15) is 4.21 Å². The molecule has 0 aromatic carbocycles. The lowest BCUT2D eigenvalue weighted by molar-refractivity contribution is 0.0692. The molecule has 6 nitrogen and oxygen atoms in total. The molecule has 0 saturated carbocycles. The summed E-state index contributed by atoms with van der Waals surface area (Å²) in [5.41, 5.74) is 0.687. The number of carboxylic acid groups (broad SMARTS) is 1. The van der Waals surface area contributed by atoms with Crippen LogP contribution in [-0.2, 0) is 23.0 Å². The number of aromatic carboxylic acids is 1. The van der Waals surface area contributed by atoms with Gasteiger partial charge in [-0.05, 0) is 38.3 Å². The molecule has 21 heavy (non-hydrogen) atoms. The Labute approximate surface area is 127 Å². The highest BCUT2D eigenvalue weighted by Crippen LogP contribution is 2.37. The standard InChI is InChI=1S/C13H18N2O4S2/c1-8-3-2-6-15(8)21(18,19)13-11(12(16)17)9-4-5-14-7-10(9)20-13/h8,14H,2-7H2,1H3,(H,16,17). The van der Waals surface area contributed by atoms with Crippen LogP contribution in [0.2, 0.25) is 0 Å². The third-order valence-corrected chi connectivity index (χ3v) is 7.89. The lowest BCUT2D eigenvalue weighted by Crippen LogP contribution is -2.34. The van der Waals surface area contributed by atoms with E-state index in [0.717, 1.165) is 29.1 Å². The zero-order valence-corrected chi connectivity index (χ0v) is 13.4. The Morgan fingerprint density at radius 3 is 2.86 bits per heavy atom. The number of rotatable bonds is 3. The molecule has 2 aliphatic rings. The first kappa shape index (κ1) is 15.0. The van der Waals surface area contributed by atoms with Gasteiger partial charge in [0, 0.05) is 24.0 Å². The van der Waals surface area contributed by atoms with Crippen molar-refractivity contribution in [2.75, 3.05) is 13.1 Å². The number of thiophene rings is 1. The minimum absolute atomic E-state index is 0.00407. The minimum atomic E-state index is -3.71. The summed E-state index contributed by atoms with van der Waals surface area (Å²) in [7, 11) is -3.71. The molecule has 1 aromatic heterocycles. The van der Waals surface area contributed by atoms with Gasteiger partial charge in [-0.3, -0.25) is 0 Å². The number of sulfonamides is 1. The maximum absolute atomic E-state index is 12.8. The molecule has 116 valence electrons. The molecule has 0 spiro atoms. The van der Waals surface area contributed by atoms with Crippen LogP contribution in [0.1, 0.15) is 40.6 Å². The summed E-state index contributed by atoms with van der Waals surface area (Å²) in [4.78, 5) is 12.4. The zero-order valence-electron chi connectivity index (χ0n) is 11.8. The smallest absolute Gasteiger partial charge is 0.338 e. The number of carboxylic acids is 1. The van der Waals surface area contributed by atoms with Crippen molar-refractivity contribution in [1.29, 1.82) is 0 Å². The lowest BCUT2D eigenvalue weighted by atomic mass is 10.1. The average molecular weight is 330 g/mol. The van der Waals surface area contributed by atoms with E-state index in [1.165, 1.54) is 4.31 Å². The monoisotopic (exact) mass is 330 g/mol. The quantitative estimate of drug-likeness (QED) is 0.871. The number of hydrogen-bond acceptors (Lipinski definition) is 5. The molecule has 0 amide bonds. The van der Waals surface area contributed by atoms with E-state index in [9.17, 15) is 18.3 Å². The number of fused-ring (bicyclic) bond motifs is 1. The normalized spacial score (nSPS) is 23.2. The van der Waals surface area contributed by atoms with Gasteiger partial charge in [-0.25, -0.2) is 13.2 Å². The summed E-state index contributed by atoms with van der Waals surface area (Å²) in [5, 5.41) is 12.6. The SMILES string of the molecule is CC1CCCN1S(=O)(=O)c1sc2c(c1C(=O)O)CCNC2. The molecule has 1 unspecified atom stereocenters. The molecule has 0 radical (unpaired) electrons. The molecule has 0 bridgehead atoms. The Kier molecular flexibility index (Phi) is 3.81. The first-order chi connectivity index (χ1) is 9.93. The number of carbonyl (C=O) groups is 1. The summed E-state index contributed by atoms with van der Waals surface area (Å²) >= 11 is 1.11. The molecule has 3 rings (SSSR count). The third-order valence-electron chi connectivity index (χ3n) is 4.14. The molecular formula is C13H18N2O4S2. The van der Waals surface area contributed by atoms with Gasteiger partial charge in [-0.2, -0.15) is 4.31 Å². The number of nitrogens with zero attached hydrogens (tertiary/aromatic N) is 1. The van der Waals surface area contributed by atoms with Gasteiger partial charge in [0.25, 0.3) is 10.0 Å². The predicted molar refractivity (Wildman–Crippen MR) is 79.3 cm³/mol. The molecule has 8 heteroatoms. The van der Waals surface area contributed by atoms with Crippen LogP contribution in [0, 0.1) is 0 Å². The van der Waals surface area contributed by atoms with Gasteiger partial charge in [-0.1, -0.05) is 0 Å². The van der Waals surface area contributed by atoms with Crippen molar-refractivity contribution >= 4 is 27.3 Å². The summed E-state index contributed by atoms with van der Waals surface area (Å²) in [6.07, 6.45) is 2.22. The van der Waals surface area contributed by atoms with Crippen LogP contribution in [0.4, 0.5) is 0 Å². The topological polar surface area (TPSA) is 86.7 Å². The second-order valence-corrected chi connectivity index (χ2v) is 8.70. The Balaban J connectivity index is 2.13. The van der Waals surface area contributed by atoms with E-state index in [2.05, 4.69) is 5.32 Å². The van der Waals surface area contributed by atoms with Crippen LogP contribution in [0.25, 0.3) is 0 Å². The van der Waals surface area contributed by atoms with Crippen LogP contribution in [-0.4, -0.2) is 42.9 Å². The van der Waals surface area contributed by atoms with E-state index in [1.807, 2.05) is 6.92 Å². The van der Waals surface area contributed by atoms with Crippen LogP contribution in [0.3, 0.4) is 0 Å². The summed E-state index contributed by atoms with van der Waals surface area (Å²) in [6.45, 7) is 3.58. The van der Waals surface area contributed by atoms with E-state index in [4.69, 9.17) is 0 Å². The minimum Gasteiger partial charge on any atom is -0.478 e. The summed E-state index contributed by atoms with van der Waals surface area (Å²) in [5.74, 6) is -1.14. The van der Waals surface area contributed by atoms with Crippen molar-refractivity contribution in [3.63, 3.8) is 0 Å². The van der Waals surface area contributed by atoms with Crippen LogP contribution in [0.15, 0.2) is 4.21 Å². The van der Waals surface area contributed by atoms with Crippen molar-refractivity contribution in [3.05, 3.63) is 16.0 Å². The first-order valence-electron chi connectivity index (χ1n) is 7.03. The van der Waals surface area contributed by atoms with Gasteiger partial charge in [0.2, 0.25) is 0 Å². The van der Waals surface area contributed by atoms with Crippen molar-refractivity contribution in [2.45, 2.75) is 43.0 Å². The second kappa shape index (κ2) is 5.35. The van der Waals surface area contributed by atoms with Crippen LogP contribution in [0.5, 0.6) is 0 Å². The number of hydrogen-bond donors (Lipinski definition) is 2.